The van der Waals surface area contributed by atoms with Crippen LogP contribution >= 0.6 is 11.6 Å². The van der Waals surface area contributed by atoms with Crippen LogP contribution in [0.2, 0.25) is 5.02 Å². The van der Waals surface area contributed by atoms with Crippen LogP contribution in [0.1, 0.15) is 27.6 Å². The first-order valence-corrected chi connectivity index (χ1v) is 7.37. The van der Waals surface area contributed by atoms with Crippen LogP contribution in [0, 0.1) is 0 Å². The molecule has 0 bridgehead atoms. The normalized spacial score (nSPS) is 10.4. The molecule has 1 amide bonds. The lowest BCUT2D eigenvalue weighted by molar-refractivity contribution is 0.101. The van der Waals surface area contributed by atoms with E-state index in [4.69, 9.17) is 11.6 Å². The maximum atomic E-state index is 12.6. The number of carbonyl (C=O) groups is 2. The smallest absolute Gasteiger partial charge is 0.257 e. The number of carbonyl (C=O) groups excluding carboxylic acids is 2. The predicted octanol–water partition coefficient (Wildman–Crippen LogP) is 2.77. The van der Waals surface area contributed by atoms with Crippen LogP contribution in [0.4, 0.5) is 5.69 Å². The Labute approximate surface area is 142 Å². The average Bonchev–Trinajstić information content (AvgIpc) is 3.09. The highest BCUT2D eigenvalue weighted by Gasteiger charge is 2.15. The lowest BCUT2D eigenvalue weighted by atomic mass is 10.1. The van der Waals surface area contributed by atoms with Crippen molar-refractivity contribution in [2.24, 2.45) is 0 Å². The third kappa shape index (κ3) is 3.31. The van der Waals surface area contributed by atoms with Gasteiger partial charge in [-0.1, -0.05) is 23.7 Å². The van der Waals surface area contributed by atoms with Gasteiger partial charge in [0.25, 0.3) is 5.91 Å². The maximum absolute atomic E-state index is 12.6. The van der Waals surface area contributed by atoms with Crippen molar-refractivity contribution in [3.8, 4) is 5.69 Å². The van der Waals surface area contributed by atoms with Gasteiger partial charge in [0.1, 0.15) is 6.33 Å². The summed E-state index contributed by atoms with van der Waals surface area (Å²) in [5, 5.41) is 14.1. The third-order valence-corrected chi connectivity index (χ3v) is 3.56. The largest absolute Gasteiger partial charge is 0.322 e. The first-order valence-electron chi connectivity index (χ1n) is 7.00. The van der Waals surface area contributed by atoms with E-state index < -0.39 is 0 Å². The van der Waals surface area contributed by atoms with Crippen LogP contribution in [0.5, 0.6) is 0 Å². The predicted molar refractivity (Wildman–Crippen MR) is 88.6 cm³/mol. The van der Waals surface area contributed by atoms with Gasteiger partial charge in [-0.2, -0.15) is 4.68 Å². The minimum Gasteiger partial charge on any atom is -0.322 e. The Morgan fingerprint density at radius 2 is 2.00 bits per heavy atom. The van der Waals surface area contributed by atoms with Gasteiger partial charge in [0.15, 0.2) is 5.78 Å². The van der Waals surface area contributed by atoms with Crippen LogP contribution in [-0.2, 0) is 0 Å². The van der Waals surface area contributed by atoms with E-state index in [9.17, 15) is 9.59 Å². The number of nitrogens with one attached hydrogen (secondary N) is 1. The Hall–Kier alpha value is -3.06. The standard InChI is InChI=1S/C16H12ClN5O2/c1-10(23)11-3-2-4-13(7-11)19-16(24)14-8-12(17)5-6-15(14)22-9-18-20-21-22/h2-9H,1H3,(H,19,24). The Balaban J connectivity index is 1.94. The fourth-order valence-corrected chi connectivity index (χ4v) is 2.35. The van der Waals surface area contributed by atoms with Crippen molar-refractivity contribution in [3.63, 3.8) is 0 Å². The van der Waals surface area contributed by atoms with Gasteiger partial charge in [-0.05, 0) is 47.7 Å². The zero-order chi connectivity index (χ0) is 17.1. The van der Waals surface area contributed by atoms with Gasteiger partial charge in [-0.3, -0.25) is 9.59 Å². The molecule has 0 aliphatic carbocycles. The molecule has 0 atom stereocenters. The molecule has 0 spiro atoms. The van der Waals surface area contributed by atoms with E-state index >= 15 is 0 Å². The summed E-state index contributed by atoms with van der Waals surface area (Å²) in [6.45, 7) is 1.47. The van der Waals surface area contributed by atoms with Crippen LogP contribution in [0.25, 0.3) is 5.69 Å². The number of tetrazole rings is 1. The van der Waals surface area contributed by atoms with E-state index in [0.717, 1.165) is 0 Å². The van der Waals surface area contributed by atoms with Crippen molar-refractivity contribution >= 4 is 29.0 Å². The molecule has 0 aliphatic rings. The molecule has 8 heteroatoms. The molecule has 1 N–H and O–H groups in total. The molecular weight excluding hydrogens is 330 g/mol. The summed E-state index contributed by atoms with van der Waals surface area (Å²) in [7, 11) is 0. The maximum Gasteiger partial charge on any atom is 0.257 e. The molecule has 24 heavy (non-hydrogen) atoms. The highest BCUT2D eigenvalue weighted by molar-refractivity contribution is 6.31. The number of anilines is 1. The second-order valence-electron chi connectivity index (χ2n) is 5.01. The van der Waals surface area contributed by atoms with Gasteiger partial charge in [-0.15, -0.1) is 5.10 Å². The molecule has 0 saturated heterocycles. The van der Waals surface area contributed by atoms with E-state index in [1.165, 1.54) is 24.0 Å². The Morgan fingerprint density at radius 3 is 2.71 bits per heavy atom. The van der Waals surface area contributed by atoms with Gasteiger partial charge in [0.05, 0.1) is 11.3 Å². The summed E-state index contributed by atoms with van der Waals surface area (Å²) in [4.78, 5) is 24.1. The Morgan fingerprint density at radius 1 is 1.17 bits per heavy atom. The summed E-state index contributed by atoms with van der Waals surface area (Å²) in [5.41, 5.74) is 1.82. The summed E-state index contributed by atoms with van der Waals surface area (Å²) in [6.07, 6.45) is 1.39. The molecular formula is C16H12ClN5O2. The fourth-order valence-electron chi connectivity index (χ4n) is 2.18. The number of hydrogen-bond donors (Lipinski definition) is 1. The monoisotopic (exact) mass is 341 g/mol. The topological polar surface area (TPSA) is 89.8 Å². The molecule has 0 aliphatic heterocycles. The van der Waals surface area contributed by atoms with Crippen molar-refractivity contribution in [1.29, 1.82) is 0 Å². The third-order valence-electron chi connectivity index (χ3n) is 3.33. The van der Waals surface area contributed by atoms with Crippen molar-refractivity contribution in [1.82, 2.24) is 20.2 Å². The first kappa shape index (κ1) is 15.8. The molecule has 7 nitrogen and oxygen atoms in total. The fraction of sp³-hybridized carbons (Fsp3) is 0.0625. The van der Waals surface area contributed by atoms with E-state index in [-0.39, 0.29) is 11.7 Å². The Bertz CT molecular complexity index is 909. The highest BCUT2D eigenvalue weighted by atomic mass is 35.5. The SMILES string of the molecule is CC(=O)c1cccc(NC(=O)c2cc(Cl)ccc2-n2cnnn2)c1. The molecule has 0 unspecified atom stereocenters. The minimum atomic E-state index is -0.385. The molecule has 1 aromatic heterocycles. The lowest BCUT2D eigenvalue weighted by Crippen LogP contribution is -2.15. The molecule has 0 saturated carbocycles. The quantitative estimate of drug-likeness (QED) is 0.737. The summed E-state index contributed by atoms with van der Waals surface area (Å²) >= 11 is 6.01. The lowest BCUT2D eigenvalue weighted by Gasteiger charge is -2.10. The number of aromatic nitrogens is 4. The number of rotatable bonds is 4. The molecule has 0 fully saturated rings. The number of Topliss-reactive ketones (excluding diaryl/α,β-unsaturated/α-hetero) is 1. The molecule has 1 heterocycles. The van der Waals surface area contributed by atoms with Crippen LogP contribution in [0.3, 0.4) is 0 Å². The van der Waals surface area contributed by atoms with E-state index in [1.54, 1.807) is 36.4 Å². The van der Waals surface area contributed by atoms with E-state index in [0.29, 0.717) is 27.5 Å². The zero-order valence-electron chi connectivity index (χ0n) is 12.6. The van der Waals surface area contributed by atoms with Gasteiger partial charge < -0.3 is 5.32 Å². The number of amides is 1. The van der Waals surface area contributed by atoms with Gasteiger partial charge in [0.2, 0.25) is 0 Å². The first-order chi connectivity index (χ1) is 11.5. The molecule has 3 rings (SSSR count). The van der Waals surface area contributed by atoms with E-state index in [1.807, 2.05) is 0 Å². The highest BCUT2D eigenvalue weighted by Crippen LogP contribution is 2.21. The van der Waals surface area contributed by atoms with Crippen molar-refractivity contribution in [2.75, 3.05) is 5.32 Å². The average molecular weight is 342 g/mol. The molecule has 3 aromatic rings. The van der Waals surface area contributed by atoms with Crippen molar-refractivity contribution < 1.29 is 9.59 Å². The Kier molecular flexibility index (Phi) is 4.35. The summed E-state index contributed by atoms with van der Waals surface area (Å²) in [5.74, 6) is -0.466. The molecule has 120 valence electrons. The number of ketones is 1. The number of hydrogen-bond acceptors (Lipinski definition) is 5. The molecule has 0 radical (unpaired) electrons. The van der Waals surface area contributed by atoms with E-state index in [2.05, 4.69) is 20.8 Å². The summed E-state index contributed by atoms with van der Waals surface area (Å²) in [6, 6.07) is 11.5. The minimum absolute atomic E-state index is 0.0803. The second kappa shape index (κ2) is 6.59. The van der Waals surface area contributed by atoms with Gasteiger partial charge in [0, 0.05) is 16.3 Å². The zero-order valence-corrected chi connectivity index (χ0v) is 13.4. The van der Waals surface area contributed by atoms with Crippen LogP contribution in [0.15, 0.2) is 48.8 Å². The number of halogens is 1. The van der Waals surface area contributed by atoms with Gasteiger partial charge in [-0.25, -0.2) is 0 Å². The molecule has 2 aromatic carbocycles. The van der Waals surface area contributed by atoms with Crippen LogP contribution < -0.4 is 5.32 Å². The second-order valence-corrected chi connectivity index (χ2v) is 5.44. The van der Waals surface area contributed by atoms with Gasteiger partial charge >= 0.3 is 0 Å². The number of benzene rings is 2. The number of nitrogens with zero attached hydrogens (tertiary/aromatic N) is 4. The summed E-state index contributed by atoms with van der Waals surface area (Å²) < 4.78 is 1.37. The van der Waals surface area contributed by atoms with Crippen molar-refractivity contribution in [2.45, 2.75) is 6.92 Å². The van der Waals surface area contributed by atoms with Crippen LogP contribution in [-0.4, -0.2) is 31.9 Å². The van der Waals surface area contributed by atoms with Crippen molar-refractivity contribution in [3.05, 3.63) is 64.9 Å².